The van der Waals surface area contributed by atoms with Crippen LogP contribution in [-0.2, 0) is 16.0 Å². The highest BCUT2D eigenvalue weighted by Crippen LogP contribution is 2.25. The molecule has 0 atom stereocenters. The predicted molar refractivity (Wildman–Crippen MR) is 99.6 cm³/mol. The molecule has 1 aliphatic heterocycles. The highest BCUT2D eigenvalue weighted by Gasteiger charge is 2.34. The van der Waals surface area contributed by atoms with Gasteiger partial charge in [0.25, 0.3) is 11.8 Å². The summed E-state index contributed by atoms with van der Waals surface area (Å²) < 4.78 is 5.77. The van der Waals surface area contributed by atoms with Crippen molar-refractivity contribution in [3.8, 4) is 0 Å². The summed E-state index contributed by atoms with van der Waals surface area (Å²) in [4.78, 5) is 41.7. The zero-order chi connectivity index (χ0) is 18.5. The van der Waals surface area contributed by atoms with Gasteiger partial charge in [-0.3, -0.25) is 19.3 Å². The van der Waals surface area contributed by atoms with Crippen LogP contribution in [0.25, 0.3) is 0 Å². The number of aromatic nitrogens is 1. The van der Waals surface area contributed by atoms with Crippen molar-refractivity contribution in [1.82, 2.24) is 9.88 Å². The summed E-state index contributed by atoms with van der Waals surface area (Å²) in [6, 6.07) is 6.90. The second-order valence-electron chi connectivity index (χ2n) is 5.60. The first-order valence-electron chi connectivity index (χ1n) is 8.28. The van der Waals surface area contributed by atoms with Crippen molar-refractivity contribution in [3.05, 3.63) is 46.5 Å². The molecular formula is C18H18N2O4S2. The fourth-order valence-corrected chi connectivity index (χ4v) is 4.46. The first-order chi connectivity index (χ1) is 12.6. The maximum atomic E-state index is 12.3. The Balaban J connectivity index is 1.45. The van der Waals surface area contributed by atoms with Gasteiger partial charge >= 0.3 is 5.97 Å². The summed E-state index contributed by atoms with van der Waals surface area (Å²) in [5.41, 5.74) is 1.67. The molecule has 0 saturated carbocycles. The summed E-state index contributed by atoms with van der Waals surface area (Å²) in [5.74, 6) is 0.0165. The molecule has 0 aliphatic carbocycles. The molecule has 0 radical (unpaired) electrons. The molecule has 1 aromatic heterocycles. The van der Waals surface area contributed by atoms with Gasteiger partial charge in [-0.15, -0.1) is 11.3 Å². The monoisotopic (exact) mass is 390 g/mol. The first-order valence-corrected chi connectivity index (χ1v) is 10.1. The average molecular weight is 390 g/mol. The molecule has 26 heavy (non-hydrogen) atoms. The van der Waals surface area contributed by atoms with Gasteiger partial charge in [-0.25, -0.2) is 4.98 Å². The Bertz CT molecular complexity index is 799. The standard InChI is InChI=1S/C18H18N2O4S2/c1-2-24-15(21)10-12-11-26-18(19-12)25-9-5-8-20-16(22)13-6-3-4-7-14(13)17(20)23/h3-4,6-7,11H,2,5,8-10H2,1H3. The number of benzene rings is 1. The normalized spacial score (nSPS) is 13.2. The van der Waals surface area contributed by atoms with Crippen molar-refractivity contribution in [2.75, 3.05) is 18.9 Å². The summed E-state index contributed by atoms with van der Waals surface area (Å²) in [7, 11) is 0. The minimum Gasteiger partial charge on any atom is -0.466 e. The van der Waals surface area contributed by atoms with Crippen molar-refractivity contribution >= 4 is 40.9 Å². The van der Waals surface area contributed by atoms with Crippen molar-refractivity contribution in [2.24, 2.45) is 0 Å². The number of rotatable bonds is 8. The average Bonchev–Trinajstić information content (AvgIpc) is 3.17. The number of carbonyl (C=O) groups is 3. The Labute approximate surface area is 159 Å². The molecule has 0 saturated heterocycles. The lowest BCUT2D eigenvalue weighted by atomic mass is 10.1. The van der Waals surface area contributed by atoms with Crippen LogP contribution in [0.1, 0.15) is 39.8 Å². The first kappa shape index (κ1) is 18.6. The number of imide groups is 1. The van der Waals surface area contributed by atoms with E-state index in [-0.39, 0.29) is 24.2 Å². The molecule has 0 unspecified atom stereocenters. The van der Waals surface area contributed by atoms with E-state index >= 15 is 0 Å². The van der Waals surface area contributed by atoms with Gasteiger partial charge in [-0.05, 0) is 25.5 Å². The largest absolute Gasteiger partial charge is 0.466 e. The molecule has 0 fully saturated rings. The fourth-order valence-electron chi connectivity index (χ4n) is 2.62. The summed E-state index contributed by atoms with van der Waals surface area (Å²) in [6.45, 7) is 2.53. The molecule has 2 aromatic rings. The quantitative estimate of drug-likeness (QED) is 0.298. The second-order valence-corrected chi connectivity index (χ2v) is 7.80. The third kappa shape index (κ3) is 4.13. The van der Waals surface area contributed by atoms with Gasteiger partial charge in [0.05, 0.1) is 29.8 Å². The van der Waals surface area contributed by atoms with Gasteiger partial charge in [0, 0.05) is 17.7 Å². The zero-order valence-electron chi connectivity index (χ0n) is 14.3. The van der Waals surface area contributed by atoms with Crippen LogP contribution >= 0.6 is 23.1 Å². The minimum atomic E-state index is -0.278. The van der Waals surface area contributed by atoms with Gasteiger partial charge in [0.2, 0.25) is 0 Å². The number of hydrogen-bond acceptors (Lipinski definition) is 7. The van der Waals surface area contributed by atoms with Crippen LogP contribution in [-0.4, -0.2) is 46.6 Å². The molecule has 0 bridgehead atoms. The number of esters is 1. The summed E-state index contributed by atoms with van der Waals surface area (Å²) >= 11 is 3.04. The van der Waals surface area contributed by atoms with Crippen molar-refractivity contribution in [1.29, 1.82) is 0 Å². The smallest absolute Gasteiger partial charge is 0.311 e. The summed E-state index contributed by atoms with van der Waals surface area (Å²) in [6.07, 6.45) is 0.864. The second kappa shape index (κ2) is 8.46. The third-order valence-electron chi connectivity index (χ3n) is 3.79. The Morgan fingerprint density at radius 1 is 1.23 bits per heavy atom. The lowest BCUT2D eigenvalue weighted by Gasteiger charge is -2.12. The molecule has 2 amide bonds. The number of thioether (sulfide) groups is 1. The minimum absolute atomic E-state index is 0.180. The van der Waals surface area contributed by atoms with Gasteiger partial charge in [0.1, 0.15) is 4.34 Å². The highest BCUT2D eigenvalue weighted by molar-refractivity contribution is 8.01. The van der Waals surface area contributed by atoms with Gasteiger partial charge in [-0.1, -0.05) is 23.9 Å². The molecule has 3 rings (SSSR count). The SMILES string of the molecule is CCOC(=O)Cc1csc(SCCCN2C(=O)c3ccccc3C2=O)n1. The van der Waals surface area contributed by atoms with E-state index in [0.717, 1.165) is 10.1 Å². The van der Waals surface area contributed by atoms with E-state index in [0.29, 0.717) is 36.4 Å². The molecule has 6 nitrogen and oxygen atoms in total. The number of ether oxygens (including phenoxy) is 1. The van der Waals surface area contributed by atoms with Crippen molar-refractivity contribution in [2.45, 2.75) is 24.1 Å². The van der Waals surface area contributed by atoms with Crippen LogP contribution in [0.2, 0.25) is 0 Å². The third-order valence-corrected chi connectivity index (χ3v) is 5.95. The lowest BCUT2D eigenvalue weighted by molar-refractivity contribution is -0.142. The molecule has 1 aromatic carbocycles. The molecule has 8 heteroatoms. The van der Waals surface area contributed by atoms with Gasteiger partial charge in [-0.2, -0.15) is 0 Å². The lowest BCUT2D eigenvalue weighted by Crippen LogP contribution is -2.30. The topological polar surface area (TPSA) is 76.6 Å². The van der Waals surface area contributed by atoms with E-state index in [2.05, 4.69) is 4.98 Å². The molecule has 2 heterocycles. The van der Waals surface area contributed by atoms with Crippen LogP contribution in [0, 0.1) is 0 Å². The number of carbonyl (C=O) groups excluding carboxylic acids is 3. The van der Waals surface area contributed by atoms with E-state index < -0.39 is 0 Å². The van der Waals surface area contributed by atoms with E-state index in [1.807, 2.05) is 5.38 Å². The number of amides is 2. The van der Waals surface area contributed by atoms with Gasteiger partial charge < -0.3 is 4.74 Å². The number of thiazole rings is 1. The Kier molecular flexibility index (Phi) is 6.05. The number of nitrogens with zero attached hydrogens (tertiary/aromatic N) is 2. The molecule has 0 spiro atoms. The highest BCUT2D eigenvalue weighted by atomic mass is 32.2. The fraction of sp³-hybridized carbons (Fsp3) is 0.333. The Hall–Kier alpha value is -2.19. The summed E-state index contributed by atoms with van der Waals surface area (Å²) in [5, 5.41) is 1.85. The Morgan fingerprint density at radius 2 is 1.92 bits per heavy atom. The van der Waals surface area contributed by atoms with E-state index in [4.69, 9.17) is 4.74 Å². The van der Waals surface area contributed by atoms with E-state index in [1.54, 1.807) is 43.0 Å². The van der Waals surface area contributed by atoms with Gasteiger partial charge in [0.15, 0.2) is 0 Å². The maximum Gasteiger partial charge on any atom is 0.311 e. The molecular weight excluding hydrogens is 372 g/mol. The maximum absolute atomic E-state index is 12.3. The number of fused-ring (bicyclic) bond motifs is 1. The van der Waals surface area contributed by atoms with Crippen LogP contribution in [0.15, 0.2) is 34.0 Å². The van der Waals surface area contributed by atoms with E-state index in [9.17, 15) is 14.4 Å². The predicted octanol–water partition coefficient (Wildman–Crippen LogP) is 3.03. The van der Waals surface area contributed by atoms with E-state index in [1.165, 1.54) is 16.2 Å². The van der Waals surface area contributed by atoms with Crippen LogP contribution in [0.4, 0.5) is 0 Å². The Morgan fingerprint density at radius 3 is 2.58 bits per heavy atom. The van der Waals surface area contributed by atoms with Crippen LogP contribution in [0.5, 0.6) is 0 Å². The van der Waals surface area contributed by atoms with Crippen molar-refractivity contribution in [3.63, 3.8) is 0 Å². The van der Waals surface area contributed by atoms with Crippen LogP contribution < -0.4 is 0 Å². The molecule has 0 N–H and O–H groups in total. The van der Waals surface area contributed by atoms with Crippen LogP contribution in [0.3, 0.4) is 0 Å². The molecule has 136 valence electrons. The number of hydrogen-bond donors (Lipinski definition) is 0. The molecule has 1 aliphatic rings. The van der Waals surface area contributed by atoms with Crippen molar-refractivity contribution < 1.29 is 19.1 Å². The zero-order valence-corrected chi connectivity index (χ0v) is 15.9.